The van der Waals surface area contributed by atoms with Gasteiger partial charge in [0.05, 0.1) is 6.04 Å². The number of aromatic nitrogens is 1. The van der Waals surface area contributed by atoms with Crippen LogP contribution in [0, 0.1) is 0 Å². The van der Waals surface area contributed by atoms with E-state index in [9.17, 15) is 0 Å². The van der Waals surface area contributed by atoms with E-state index >= 15 is 0 Å². The van der Waals surface area contributed by atoms with Crippen LogP contribution in [0.4, 0.5) is 0 Å². The molecule has 1 aromatic heterocycles. The average molecular weight is 270 g/mol. The van der Waals surface area contributed by atoms with Crippen LogP contribution in [0.25, 0.3) is 0 Å². The van der Waals surface area contributed by atoms with Gasteiger partial charge in [-0.2, -0.15) is 0 Å². The van der Waals surface area contributed by atoms with Crippen LogP contribution in [0.1, 0.15) is 19.0 Å². The van der Waals surface area contributed by atoms with E-state index in [1.165, 1.54) is 5.69 Å². The van der Waals surface area contributed by atoms with Crippen LogP contribution in [0.2, 0.25) is 6.04 Å². The molecule has 0 bridgehead atoms. The van der Waals surface area contributed by atoms with Gasteiger partial charge in [-0.15, -0.1) is 0 Å². The largest absolute Gasteiger partial charge is 0.506 e. The highest BCUT2D eigenvalue weighted by molar-refractivity contribution is 6.60. The summed E-state index contributed by atoms with van der Waals surface area (Å²) in [6, 6.07) is 7.07. The van der Waals surface area contributed by atoms with Crippen LogP contribution in [-0.2, 0) is 26.2 Å². The highest BCUT2D eigenvalue weighted by Gasteiger charge is 2.39. The average Bonchev–Trinajstić information content (AvgIpc) is 2.43. The molecule has 0 aliphatic carbocycles. The van der Waals surface area contributed by atoms with Gasteiger partial charge in [0.15, 0.2) is 18.4 Å². The predicted molar refractivity (Wildman–Crippen MR) is 72.2 cm³/mol. The Hall–Kier alpha value is -0.753. The lowest BCUT2D eigenvalue weighted by atomic mass is 10.2. The molecule has 1 aromatic rings. The SMILES string of the molecule is CCCc1cccc[n+]1CC[Si](OC)(OC)OC. The van der Waals surface area contributed by atoms with Gasteiger partial charge in [0.1, 0.15) is 0 Å². The standard InChI is InChI=1S/C13H24NO3Si/c1-5-8-13-9-6-7-10-14(13)11-12-18(15-2,16-3)17-4/h6-7,9-10H,5,8,11-12H2,1-4H3/q+1. The summed E-state index contributed by atoms with van der Waals surface area (Å²) in [6.07, 6.45) is 4.33. The number of hydrogen-bond donors (Lipinski definition) is 0. The molecule has 18 heavy (non-hydrogen) atoms. The summed E-state index contributed by atoms with van der Waals surface area (Å²) in [5.41, 5.74) is 1.34. The molecule has 0 unspecified atom stereocenters. The molecule has 0 fully saturated rings. The van der Waals surface area contributed by atoms with Crippen LogP contribution < -0.4 is 4.57 Å². The van der Waals surface area contributed by atoms with E-state index in [1.807, 2.05) is 0 Å². The van der Waals surface area contributed by atoms with Gasteiger partial charge in [0, 0.05) is 39.9 Å². The van der Waals surface area contributed by atoms with Gasteiger partial charge in [-0.05, 0) is 6.42 Å². The normalized spacial score (nSPS) is 11.8. The first-order valence-corrected chi connectivity index (χ1v) is 8.27. The van der Waals surface area contributed by atoms with Crippen molar-refractivity contribution < 1.29 is 17.8 Å². The van der Waals surface area contributed by atoms with Gasteiger partial charge in [0.25, 0.3) is 0 Å². The molecule has 0 saturated carbocycles. The Morgan fingerprint density at radius 2 is 1.78 bits per heavy atom. The van der Waals surface area contributed by atoms with E-state index in [0.717, 1.165) is 25.4 Å². The third-order valence-corrected chi connectivity index (χ3v) is 5.83. The second-order valence-corrected chi connectivity index (χ2v) is 7.27. The summed E-state index contributed by atoms with van der Waals surface area (Å²) >= 11 is 0. The molecule has 0 atom stereocenters. The Morgan fingerprint density at radius 3 is 2.33 bits per heavy atom. The Morgan fingerprint density at radius 1 is 1.11 bits per heavy atom. The van der Waals surface area contributed by atoms with Crippen molar-refractivity contribution in [3.05, 3.63) is 30.1 Å². The molecule has 1 rings (SSSR count). The number of rotatable bonds is 8. The van der Waals surface area contributed by atoms with Gasteiger partial charge in [-0.25, -0.2) is 4.57 Å². The van der Waals surface area contributed by atoms with Gasteiger partial charge < -0.3 is 13.3 Å². The van der Waals surface area contributed by atoms with Gasteiger partial charge in [-0.3, -0.25) is 0 Å². The Kier molecular flexibility index (Phi) is 6.49. The van der Waals surface area contributed by atoms with Gasteiger partial charge in [-0.1, -0.05) is 13.0 Å². The number of nitrogens with zero attached hydrogens (tertiary/aromatic N) is 1. The molecule has 0 aliphatic rings. The minimum atomic E-state index is -2.47. The Bertz CT molecular complexity index is 348. The third-order valence-electron chi connectivity index (χ3n) is 3.13. The molecule has 0 aliphatic heterocycles. The van der Waals surface area contributed by atoms with E-state index in [0.29, 0.717) is 0 Å². The van der Waals surface area contributed by atoms with Crippen LogP contribution in [0.5, 0.6) is 0 Å². The molecule has 0 saturated heterocycles. The lowest BCUT2D eigenvalue weighted by molar-refractivity contribution is -0.701. The molecular formula is C13H24NO3Si+. The zero-order valence-corrected chi connectivity index (χ0v) is 12.8. The zero-order valence-electron chi connectivity index (χ0n) is 11.8. The van der Waals surface area contributed by atoms with Crippen molar-refractivity contribution in [3.63, 3.8) is 0 Å². The van der Waals surface area contributed by atoms with E-state index in [4.69, 9.17) is 13.3 Å². The fraction of sp³-hybridized carbons (Fsp3) is 0.615. The number of pyridine rings is 1. The summed E-state index contributed by atoms with van der Waals surface area (Å²) in [5, 5.41) is 0. The minimum Gasteiger partial charge on any atom is -0.377 e. The molecular weight excluding hydrogens is 246 g/mol. The van der Waals surface area contributed by atoms with Gasteiger partial charge in [0.2, 0.25) is 0 Å². The van der Waals surface area contributed by atoms with E-state index in [2.05, 4.69) is 35.9 Å². The maximum Gasteiger partial charge on any atom is 0.506 e. The van der Waals surface area contributed by atoms with Crippen LogP contribution in [0.3, 0.4) is 0 Å². The van der Waals surface area contributed by atoms with Crippen molar-refractivity contribution in [2.45, 2.75) is 32.4 Å². The van der Waals surface area contributed by atoms with Crippen molar-refractivity contribution in [2.75, 3.05) is 21.3 Å². The monoisotopic (exact) mass is 270 g/mol. The van der Waals surface area contributed by atoms with E-state index < -0.39 is 8.80 Å². The molecule has 5 heteroatoms. The smallest absolute Gasteiger partial charge is 0.377 e. The lowest BCUT2D eigenvalue weighted by Crippen LogP contribution is -2.48. The highest BCUT2D eigenvalue weighted by atomic mass is 28.4. The zero-order chi connectivity index (χ0) is 13.4. The summed E-state index contributed by atoms with van der Waals surface area (Å²) in [7, 11) is 2.50. The lowest BCUT2D eigenvalue weighted by Gasteiger charge is -2.23. The molecule has 0 aromatic carbocycles. The summed E-state index contributed by atoms with van der Waals surface area (Å²) in [4.78, 5) is 0. The first kappa shape index (κ1) is 15.3. The maximum absolute atomic E-state index is 5.44. The molecule has 4 nitrogen and oxygen atoms in total. The maximum atomic E-state index is 5.44. The summed E-state index contributed by atoms with van der Waals surface area (Å²) in [5.74, 6) is 0. The summed E-state index contributed by atoms with van der Waals surface area (Å²) < 4.78 is 18.6. The molecule has 0 radical (unpaired) electrons. The van der Waals surface area contributed by atoms with Crippen molar-refractivity contribution in [1.82, 2.24) is 0 Å². The second kappa shape index (κ2) is 7.63. The fourth-order valence-electron chi connectivity index (χ4n) is 2.03. The third kappa shape index (κ3) is 3.88. The molecule has 0 amide bonds. The van der Waals surface area contributed by atoms with E-state index in [-0.39, 0.29) is 0 Å². The molecule has 102 valence electrons. The van der Waals surface area contributed by atoms with Crippen LogP contribution in [-0.4, -0.2) is 30.1 Å². The van der Waals surface area contributed by atoms with Crippen LogP contribution in [0.15, 0.2) is 24.4 Å². The van der Waals surface area contributed by atoms with E-state index in [1.54, 1.807) is 21.3 Å². The first-order valence-electron chi connectivity index (χ1n) is 6.34. The quantitative estimate of drug-likeness (QED) is 0.533. The van der Waals surface area contributed by atoms with Crippen LogP contribution >= 0.6 is 0 Å². The van der Waals surface area contributed by atoms with Crippen molar-refractivity contribution in [2.24, 2.45) is 0 Å². The van der Waals surface area contributed by atoms with Crippen molar-refractivity contribution in [1.29, 1.82) is 0 Å². The van der Waals surface area contributed by atoms with Crippen molar-refractivity contribution >= 4 is 8.80 Å². The first-order chi connectivity index (χ1) is 8.71. The predicted octanol–water partition coefficient (Wildman–Crippen LogP) is 1.80. The minimum absolute atomic E-state index is 0.780. The molecule has 0 N–H and O–H groups in total. The Labute approximate surface area is 111 Å². The second-order valence-electron chi connectivity index (χ2n) is 4.18. The van der Waals surface area contributed by atoms with Crippen molar-refractivity contribution in [3.8, 4) is 0 Å². The molecule has 1 heterocycles. The topological polar surface area (TPSA) is 31.6 Å². The summed E-state index contributed by atoms with van der Waals surface area (Å²) in [6.45, 7) is 3.05. The number of hydrogen-bond acceptors (Lipinski definition) is 3. The molecule has 0 spiro atoms. The van der Waals surface area contributed by atoms with Gasteiger partial charge >= 0.3 is 8.80 Å². The Balaban J connectivity index is 2.72. The fourth-order valence-corrected chi connectivity index (χ4v) is 3.65. The highest BCUT2D eigenvalue weighted by Crippen LogP contribution is 2.12. The number of aryl methyl sites for hydroxylation is 2.